The summed E-state index contributed by atoms with van der Waals surface area (Å²) in [5.74, 6) is 0.224. The van der Waals surface area contributed by atoms with Crippen LogP contribution in [0.15, 0.2) is 23.1 Å². The van der Waals surface area contributed by atoms with Crippen LogP contribution < -0.4 is 15.6 Å². The molecule has 18 heavy (non-hydrogen) atoms. The Morgan fingerprint density at radius 3 is 2.50 bits per heavy atom. The molecule has 0 aliphatic carbocycles. The highest BCUT2D eigenvalue weighted by Gasteiger charge is 2.16. The Balaban J connectivity index is 3.04. The summed E-state index contributed by atoms with van der Waals surface area (Å²) in [6.07, 6.45) is 0.500. The van der Waals surface area contributed by atoms with Crippen molar-refractivity contribution in [3.8, 4) is 5.75 Å². The van der Waals surface area contributed by atoms with Crippen LogP contribution in [0.5, 0.6) is 5.75 Å². The van der Waals surface area contributed by atoms with Crippen LogP contribution in [0.25, 0.3) is 0 Å². The number of hydrogen-bond donors (Lipinski definition) is 2. The minimum Gasteiger partial charge on any atom is -0.495 e. The Morgan fingerprint density at radius 1 is 1.33 bits per heavy atom. The van der Waals surface area contributed by atoms with Gasteiger partial charge >= 0.3 is 0 Å². The van der Waals surface area contributed by atoms with Crippen molar-refractivity contribution in [3.63, 3.8) is 0 Å². The lowest BCUT2D eigenvalue weighted by Crippen LogP contribution is -2.28. The predicted octanol–water partition coefficient (Wildman–Crippen LogP) is -0.141. The Kier molecular flexibility index (Phi) is 5.09. The van der Waals surface area contributed by atoms with Crippen molar-refractivity contribution in [2.45, 2.75) is 17.4 Å². The number of ether oxygens (including phenoxy) is 2. The molecule has 0 saturated heterocycles. The van der Waals surface area contributed by atoms with Gasteiger partial charge in [-0.25, -0.2) is 13.6 Å². The van der Waals surface area contributed by atoms with Gasteiger partial charge < -0.3 is 15.2 Å². The van der Waals surface area contributed by atoms with E-state index >= 15 is 0 Å². The summed E-state index contributed by atoms with van der Waals surface area (Å²) < 4.78 is 32.7. The van der Waals surface area contributed by atoms with Gasteiger partial charge in [-0.05, 0) is 24.1 Å². The van der Waals surface area contributed by atoms with E-state index < -0.39 is 10.0 Å². The minimum atomic E-state index is -3.81. The van der Waals surface area contributed by atoms with Crippen LogP contribution in [0, 0.1) is 0 Å². The van der Waals surface area contributed by atoms with Crippen LogP contribution in [-0.2, 0) is 21.2 Å². The van der Waals surface area contributed by atoms with Crippen molar-refractivity contribution in [1.29, 1.82) is 0 Å². The Morgan fingerprint density at radius 2 is 2.00 bits per heavy atom. The number of nitrogens with two attached hydrogens (primary N) is 2. The zero-order valence-corrected chi connectivity index (χ0v) is 11.2. The number of sulfonamides is 1. The maximum absolute atomic E-state index is 11.4. The SMILES string of the molecule is COC[C@@H](N)Cc1ccc(OC)c(S(N)(=O)=O)c1. The summed E-state index contributed by atoms with van der Waals surface area (Å²) in [5.41, 5.74) is 6.58. The van der Waals surface area contributed by atoms with E-state index in [9.17, 15) is 8.42 Å². The summed E-state index contributed by atoms with van der Waals surface area (Å²) in [5, 5.41) is 5.13. The van der Waals surface area contributed by atoms with Gasteiger partial charge in [0.25, 0.3) is 0 Å². The summed E-state index contributed by atoms with van der Waals surface area (Å²) >= 11 is 0. The molecule has 0 radical (unpaired) electrons. The number of rotatable bonds is 6. The highest BCUT2D eigenvalue weighted by molar-refractivity contribution is 7.89. The van der Waals surface area contributed by atoms with E-state index in [4.69, 9.17) is 20.3 Å². The molecule has 0 bridgehead atoms. The van der Waals surface area contributed by atoms with Crippen molar-refractivity contribution in [2.24, 2.45) is 10.9 Å². The van der Waals surface area contributed by atoms with E-state index in [0.717, 1.165) is 5.56 Å². The molecule has 0 amide bonds. The van der Waals surface area contributed by atoms with E-state index in [2.05, 4.69) is 0 Å². The largest absolute Gasteiger partial charge is 0.495 e. The molecular weight excluding hydrogens is 256 g/mol. The first kappa shape index (κ1) is 14.9. The first-order valence-electron chi connectivity index (χ1n) is 5.32. The lowest BCUT2D eigenvalue weighted by atomic mass is 10.1. The Bertz CT molecular complexity index is 502. The summed E-state index contributed by atoms with van der Waals surface area (Å²) in [6.45, 7) is 0.400. The van der Waals surface area contributed by atoms with E-state index in [1.807, 2.05) is 0 Å². The van der Waals surface area contributed by atoms with Gasteiger partial charge in [0.2, 0.25) is 10.0 Å². The van der Waals surface area contributed by atoms with Crippen LogP contribution in [0.4, 0.5) is 0 Å². The van der Waals surface area contributed by atoms with Gasteiger partial charge in [0, 0.05) is 13.2 Å². The molecule has 102 valence electrons. The molecule has 7 heteroatoms. The molecule has 0 aliphatic heterocycles. The highest BCUT2D eigenvalue weighted by Crippen LogP contribution is 2.24. The lowest BCUT2D eigenvalue weighted by molar-refractivity contribution is 0.180. The fraction of sp³-hybridized carbons (Fsp3) is 0.455. The maximum atomic E-state index is 11.4. The van der Waals surface area contributed by atoms with E-state index in [1.165, 1.54) is 13.2 Å². The quantitative estimate of drug-likeness (QED) is 0.751. The van der Waals surface area contributed by atoms with Gasteiger partial charge in [-0.1, -0.05) is 6.07 Å². The predicted molar refractivity (Wildman–Crippen MR) is 67.9 cm³/mol. The van der Waals surface area contributed by atoms with Gasteiger partial charge in [0.1, 0.15) is 10.6 Å². The highest BCUT2D eigenvalue weighted by atomic mass is 32.2. The molecule has 6 nitrogen and oxygen atoms in total. The van der Waals surface area contributed by atoms with Crippen LogP contribution in [0.1, 0.15) is 5.56 Å². The van der Waals surface area contributed by atoms with Crippen molar-refractivity contribution in [1.82, 2.24) is 0 Å². The fourth-order valence-electron chi connectivity index (χ4n) is 1.65. The molecule has 0 aromatic heterocycles. The van der Waals surface area contributed by atoms with Gasteiger partial charge in [0.05, 0.1) is 13.7 Å². The third kappa shape index (κ3) is 3.95. The summed E-state index contributed by atoms with van der Waals surface area (Å²) in [6, 6.07) is 4.60. The topological polar surface area (TPSA) is 105 Å². The van der Waals surface area contributed by atoms with Gasteiger partial charge in [0.15, 0.2) is 0 Å². The van der Waals surface area contributed by atoms with Crippen LogP contribution in [0.3, 0.4) is 0 Å². The van der Waals surface area contributed by atoms with E-state index in [0.29, 0.717) is 13.0 Å². The molecule has 4 N–H and O–H groups in total. The second-order valence-corrected chi connectivity index (χ2v) is 5.48. The Hall–Kier alpha value is -1.15. The minimum absolute atomic E-state index is 0.0351. The Labute approximate surface area is 107 Å². The average Bonchev–Trinajstić information content (AvgIpc) is 2.28. The number of benzene rings is 1. The third-order valence-electron chi connectivity index (χ3n) is 2.41. The zero-order valence-electron chi connectivity index (χ0n) is 10.4. The molecule has 1 rings (SSSR count). The molecule has 0 aliphatic rings. The molecule has 1 aromatic carbocycles. The van der Waals surface area contributed by atoms with Gasteiger partial charge in [-0.2, -0.15) is 0 Å². The van der Waals surface area contributed by atoms with E-state index in [-0.39, 0.29) is 16.7 Å². The molecular formula is C11H18N2O4S. The lowest BCUT2D eigenvalue weighted by Gasteiger charge is -2.12. The average molecular weight is 274 g/mol. The molecule has 0 spiro atoms. The summed E-state index contributed by atoms with van der Waals surface area (Å²) in [7, 11) is -0.865. The monoisotopic (exact) mass is 274 g/mol. The first-order chi connectivity index (χ1) is 8.38. The molecule has 1 atom stereocenters. The van der Waals surface area contributed by atoms with Gasteiger partial charge in [-0.15, -0.1) is 0 Å². The van der Waals surface area contributed by atoms with Gasteiger partial charge in [-0.3, -0.25) is 0 Å². The molecule has 0 saturated carbocycles. The standard InChI is InChI=1S/C11H18N2O4S/c1-16-7-9(12)5-8-3-4-10(17-2)11(6-8)18(13,14)15/h3-4,6,9H,5,7,12H2,1-2H3,(H2,13,14,15)/t9-/m0/s1. The van der Waals surface area contributed by atoms with Crippen molar-refractivity contribution < 1.29 is 17.9 Å². The smallest absolute Gasteiger partial charge is 0.241 e. The molecule has 1 aromatic rings. The van der Waals surface area contributed by atoms with Crippen LogP contribution in [0.2, 0.25) is 0 Å². The van der Waals surface area contributed by atoms with E-state index in [1.54, 1.807) is 19.2 Å². The van der Waals surface area contributed by atoms with Crippen LogP contribution >= 0.6 is 0 Å². The number of methoxy groups -OCH3 is 2. The first-order valence-corrected chi connectivity index (χ1v) is 6.87. The number of primary sulfonamides is 1. The third-order valence-corrected chi connectivity index (χ3v) is 3.35. The van der Waals surface area contributed by atoms with Crippen molar-refractivity contribution >= 4 is 10.0 Å². The number of hydrogen-bond acceptors (Lipinski definition) is 5. The summed E-state index contributed by atoms with van der Waals surface area (Å²) in [4.78, 5) is -0.0351. The van der Waals surface area contributed by atoms with Crippen LogP contribution in [-0.4, -0.2) is 35.3 Å². The maximum Gasteiger partial charge on any atom is 0.241 e. The fourth-order valence-corrected chi connectivity index (χ4v) is 2.39. The normalized spacial score (nSPS) is 13.3. The van der Waals surface area contributed by atoms with Crippen molar-refractivity contribution in [2.75, 3.05) is 20.8 Å². The molecule has 0 fully saturated rings. The second kappa shape index (κ2) is 6.14. The second-order valence-electron chi connectivity index (χ2n) is 3.95. The molecule has 0 heterocycles. The van der Waals surface area contributed by atoms with Crippen molar-refractivity contribution in [3.05, 3.63) is 23.8 Å². The zero-order chi connectivity index (χ0) is 13.8. The molecule has 0 unspecified atom stereocenters.